The Balaban J connectivity index is 1.92. The number of nitrogens with zero attached hydrogens (tertiary/aromatic N) is 2. The van der Waals surface area contributed by atoms with Crippen LogP contribution in [0.4, 0.5) is 10.5 Å². The van der Waals surface area contributed by atoms with E-state index in [-0.39, 0.29) is 18.5 Å². The Morgan fingerprint density at radius 3 is 2.75 bits per heavy atom. The highest BCUT2D eigenvalue weighted by atomic mass is 16.5. The number of hydrogen-bond donors (Lipinski definition) is 2. The van der Waals surface area contributed by atoms with Crippen LogP contribution in [-0.4, -0.2) is 46.7 Å². The summed E-state index contributed by atoms with van der Waals surface area (Å²) in [7, 11) is 0. The second kappa shape index (κ2) is 7.99. The molecule has 7 heteroatoms. The first kappa shape index (κ1) is 18.0. The van der Waals surface area contributed by atoms with Crippen LogP contribution in [0.15, 0.2) is 18.3 Å². The number of rotatable bonds is 5. The number of pyridine rings is 1. The van der Waals surface area contributed by atoms with Crippen molar-refractivity contribution in [3.05, 3.63) is 18.3 Å². The largest absolute Gasteiger partial charge is 0.481 e. The Bertz CT molecular complexity index is 574. The molecule has 7 nitrogen and oxygen atoms in total. The van der Waals surface area contributed by atoms with Crippen LogP contribution in [0.25, 0.3) is 0 Å². The van der Waals surface area contributed by atoms with Crippen molar-refractivity contribution in [2.45, 2.75) is 27.2 Å². The first-order valence-electron chi connectivity index (χ1n) is 8.22. The van der Waals surface area contributed by atoms with Crippen molar-refractivity contribution in [3.8, 4) is 5.88 Å². The minimum Gasteiger partial charge on any atom is -0.481 e. The van der Waals surface area contributed by atoms with Gasteiger partial charge in [-0.1, -0.05) is 20.8 Å². The lowest BCUT2D eigenvalue weighted by atomic mass is 9.91. The summed E-state index contributed by atoms with van der Waals surface area (Å²) in [6.07, 6.45) is 2.14. The third-order valence-corrected chi connectivity index (χ3v) is 3.85. The molecule has 0 bridgehead atoms. The molecule has 24 heavy (non-hydrogen) atoms. The number of nitrogens with one attached hydrogen (secondary N) is 1. The highest BCUT2D eigenvalue weighted by molar-refractivity contribution is 5.89. The predicted octanol–water partition coefficient (Wildman–Crippen LogP) is 2.69. The third-order valence-electron chi connectivity index (χ3n) is 3.85. The van der Waals surface area contributed by atoms with Gasteiger partial charge in [0.2, 0.25) is 5.88 Å². The molecule has 0 saturated carbocycles. The average molecular weight is 335 g/mol. The maximum absolute atomic E-state index is 12.3. The Morgan fingerprint density at radius 2 is 2.17 bits per heavy atom. The maximum Gasteiger partial charge on any atom is 0.321 e. The molecule has 2 N–H and O–H groups in total. The van der Waals surface area contributed by atoms with Gasteiger partial charge in [-0.05, 0) is 24.3 Å². The van der Waals surface area contributed by atoms with E-state index in [4.69, 9.17) is 4.74 Å². The van der Waals surface area contributed by atoms with Crippen molar-refractivity contribution >= 4 is 17.7 Å². The van der Waals surface area contributed by atoms with Crippen LogP contribution in [0.2, 0.25) is 0 Å². The smallest absolute Gasteiger partial charge is 0.321 e. The van der Waals surface area contributed by atoms with Crippen LogP contribution >= 0.6 is 0 Å². The lowest BCUT2D eigenvalue weighted by Crippen LogP contribution is -2.47. The van der Waals surface area contributed by atoms with Crippen molar-refractivity contribution in [1.29, 1.82) is 0 Å². The zero-order chi connectivity index (χ0) is 17.7. The predicted molar refractivity (Wildman–Crippen MR) is 90.1 cm³/mol. The van der Waals surface area contributed by atoms with Crippen LogP contribution < -0.4 is 10.1 Å². The molecule has 2 amide bonds. The number of aromatic nitrogens is 1. The van der Waals surface area contributed by atoms with Gasteiger partial charge in [0.25, 0.3) is 0 Å². The molecule has 1 fully saturated rings. The fraction of sp³-hybridized carbons (Fsp3) is 0.588. The number of likely N-dealkylation sites (tertiary alicyclic amines) is 1. The molecule has 2 unspecified atom stereocenters. The van der Waals surface area contributed by atoms with E-state index in [2.05, 4.69) is 24.1 Å². The summed E-state index contributed by atoms with van der Waals surface area (Å²) in [6.45, 7) is 7.43. The molecule has 2 rings (SSSR count). The summed E-state index contributed by atoms with van der Waals surface area (Å²) in [6, 6.07) is 3.13. The topological polar surface area (TPSA) is 91.8 Å². The Kier molecular flexibility index (Phi) is 6.00. The Labute approximate surface area is 142 Å². The van der Waals surface area contributed by atoms with Gasteiger partial charge in [0.15, 0.2) is 0 Å². The van der Waals surface area contributed by atoms with E-state index in [1.807, 2.05) is 6.92 Å². The number of carbonyl (C=O) groups excluding carboxylic acids is 1. The van der Waals surface area contributed by atoms with Crippen LogP contribution in [0.1, 0.15) is 27.2 Å². The highest BCUT2D eigenvalue weighted by Gasteiger charge is 2.31. The van der Waals surface area contributed by atoms with E-state index < -0.39 is 11.9 Å². The van der Waals surface area contributed by atoms with E-state index in [0.29, 0.717) is 37.1 Å². The molecule has 132 valence electrons. The molecular weight excluding hydrogens is 310 g/mol. The number of hydrogen-bond acceptors (Lipinski definition) is 4. The van der Waals surface area contributed by atoms with E-state index >= 15 is 0 Å². The van der Waals surface area contributed by atoms with E-state index in [1.165, 1.54) is 6.20 Å². The number of carboxylic acid groups (broad SMARTS) is 1. The molecule has 1 aliphatic heterocycles. The zero-order valence-electron chi connectivity index (χ0n) is 14.4. The highest BCUT2D eigenvalue weighted by Crippen LogP contribution is 2.22. The van der Waals surface area contributed by atoms with Crippen LogP contribution in [0, 0.1) is 17.8 Å². The minimum atomic E-state index is -0.854. The van der Waals surface area contributed by atoms with Crippen molar-refractivity contribution in [2.75, 3.05) is 25.0 Å². The van der Waals surface area contributed by atoms with Gasteiger partial charge < -0.3 is 20.1 Å². The summed E-state index contributed by atoms with van der Waals surface area (Å²) in [5, 5.41) is 11.9. The normalized spacial score (nSPS) is 20.8. The molecule has 0 radical (unpaired) electrons. The number of amides is 2. The monoisotopic (exact) mass is 335 g/mol. The molecular formula is C17H25N3O4. The molecule has 0 aliphatic carbocycles. The first-order valence-corrected chi connectivity index (χ1v) is 8.22. The number of anilines is 1. The SMILES string of the molecule is CC(C)COc1ccc(NC(=O)N2CC(C)CC(C(=O)O)C2)cn1. The van der Waals surface area contributed by atoms with Gasteiger partial charge in [0.05, 0.1) is 24.4 Å². The van der Waals surface area contributed by atoms with E-state index in [9.17, 15) is 14.7 Å². The number of urea groups is 1. The average Bonchev–Trinajstić information content (AvgIpc) is 2.53. The summed E-state index contributed by atoms with van der Waals surface area (Å²) in [5.74, 6) is -0.277. The minimum absolute atomic E-state index is 0.163. The molecule has 0 spiro atoms. The number of ether oxygens (including phenoxy) is 1. The maximum atomic E-state index is 12.3. The fourth-order valence-corrected chi connectivity index (χ4v) is 2.69. The van der Waals surface area contributed by atoms with Gasteiger partial charge in [-0.3, -0.25) is 4.79 Å². The van der Waals surface area contributed by atoms with Gasteiger partial charge in [0.1, 0.15) is 0 Å². The van der Waals surface area contributed by atoms with Gasteiger partial charge in [-0.25, -0.2) is 9.78 Å². The lowest BCUT2D eigenvalue weighted by Gasteiger charge is -2.34. The zero-order valence-corrected chi connectivity index (χ0v) is 14.4. The summed E-state index contributed by atoms with van der Waals surface area (Å²) in [4.78, 5) is 29.2. The van der Waals surface area contributed by atoms with E-state index in [1.54, 1.807) is 17.0 Å². The molecule has 1 aliphatic rings. The van der Waals surface area contributed by atoms with Crippen LogP contribution in [0.5, 0.6) is 5.88 Å². The molecule has 2 atom stereocenters. The lowest BCUT2D eigenvalue weighted by molar-refractivity contribution is -0.143. The summed E-state index contributed by atoms with van der Waals surface area (Å²) < 4.78 is 5.50. The number of carbonyl (C=O) groups is 2. The van der Waals surface area contributed by atoms with E-state index in [0.717, 1.165) is 0 Å². The molecule has 1 aromatic rings. The van der Waals surface area contributed by atoms with Crippen molar-refractivity contribution in [1.82, 2.24) is 9.88 Å². The first-order chi connectivity index (χ1) is 11.3. The summed E-state index contributed by atoms with van der Waals surface area (Å²) in [5.41, 5.74) is 0.557. The van der Waals surface area contributed by atoms with Crippen LogP contribution in [-0.2, 0) is 4.79 Å². The summed E-state index contributed by atoms with van der Waals surface area (Å²) >= 11 is 0. The number of aliphatic carboxylic acids is 1. The van der Waals surface area contributed by atoms with Crippen LogP contribution in [0.3, 0.4) is 0 Å². The van der Waals surface area contributed by atoms with Crippen molar-refractivity contribution in [3.63, 3.8) is 0 Å². The second-order valence-electron chi connectivity index (χ2n) is 6.80. The fourth-order valence-electron chi connectivity index (χ4n) is 2.69. The quantitative estimate of drug-likeness (QED) is 0.863. The Hall–Kier alpha value is -2.31. The molecule has 1 saturated heterocycles. The van der Waals surface area contributed by atoms with Gasteiger partial charge in [0, 0.05) is 19.2 Å². The molecule has 1 aromatic heterocycles. The molecule has 2 heterocycles. The second-order valence-corrected chi connectivity index (χ2v) is 6.80. The van der Waals surface area contributed by atoms with Gasteiger partial charge in [-0.2, -0.15) is 0 Å². The van der Waals surface area contributed by atoms with Gasteiger partial charge in [-0.15, -0.1) is 0 Å². The number of carboxylic acids is 1. The third kappa shape index (κ3) is 5.11. The van der Waals surface area contributed by atoms with Crippen molar-refractivity contribution in [2.24, 2.45) is 17.8 Å². The van der Waals surface area contributed by atoms with Crippen molar-refractivity contribution < 1.29 is 19.4 Å². The molecule has 0 aromatic carbocycles. The number of piperidine rings is 1. The standard InChI is InChI=1S/C17H25N3O4/c1-11(2)10-24-15-5-4-14(7-18-15)19-17(23)20-8-12(3)6-13(9-20)16(21)22/h4-5,7,11-13H,6,8-10H2,1-3H3,(H,19,23)(H,21,22). The Morgan fingerprint density at radius 1 is 1.42 bits per heavy atom. The van der Waals surface area contributed by atoms with Gasteiger partial charge >= 0.3 is 12.0 Å².